The molecule has 0 aromatic carbocycles. The molecule has 0 unspecified atom stereocenters. The van der Waals surface area contributed by atoms with Gasteiger partial charge in [0.2, 0.25) is 0 Å². The van der Waals surface area contributed by atoms with Crippen LogP contribution in [-0.4, -0.2) is 28.9 Å². The van der Waals surface area contributed by atoms with E-state index >= 15 is 0 Å². The van der Waals surface area contributed by atoms with Gasteiger partial charge < -0.3 is 0 Å². The van der Waals surface area contributed by atoms with E-state index in [1.807, 2.05) is 0 Å². The number of nitrogens with one attached hydrogen (secondary N) is 1. The van der Waals surface area contributed by atoms with Crippen molar-refractivity contribution >= 4 is 5.91 Å². The summed E-state index contributed by atoms with van der Waals surface area (Å²) in [5.74, 6) is 5.74. The van der Waals surface area contributed by atoms with Gasteiger partial charge in [0.05, 0.1) is 11.3 Å². The molecule has 18 heavy (non-hydrogen) atoms. The van der Waals surface area contributed by atoms with Crippen LogP contribution in [0, 0.1) is 5.92 Å². The Morgan fingerprint density at radius 1 is 1.61 bits per heavy atom. The first-order chi connectivity index (χ1) is 8.74. The summed E-state index contributed by atoms with van der Waals surface area (Å²) in [5.41, 5.74) is 3.53. The number of aromatic nitrogens is 1. The van der Waals surface area contributed by atoms with E-state index < -0.39 is 0 Å². The highest BCUT2D eigenvalue weighted by Crippen LogP contribution is 2.30. The maximum Gasteiger partial charge on any atom is 0.267 e. The van der Waals surface area contributed by atoms with Crippen molar-refractivity contribution in [2.24, 2.45) is 11.8 Å². The van der Waals surface area contributed by atoms with E-state index in [-0.39, 0.29) is 5.91 Å². The summed E-state index contributed by atoms with van der Waals surface area (Å²) < 4.78 is 0. The van der Waals surface area contributed by atoms with E-state index in [1.54, 1.807) is 18.3 Å². The molecule has 0 atom stereocenters. The third kappa shape index (κ3) is 3.27. The standard InChI is InChI=1S/C13H20N4O/c1-2-17(8-10-5-6-10)9-12-11(13(18)16-14)4-3-7-15-12/h3-4,7,10H,2,5-6,8-9,14H2,1H3,(H,16,18). The van der Waals surface area contributed by atoms with Crippen molar-refractivity contribution in [3.8, 4) is 0 Å². The highest BCUT2D eigenvalue weighted by atomic mass is 16.2. The van der Waals surface area contributed by atoms with Crippen molar-refractivity contribution in [2.45, 2.75) is 26.3 Å². The van der Waals surface area contributed by atoms with Gasteiger partial charge in [0, 0.05) is 19.3 Å². The Balaban J connectivity index is 2.08. The Hall–Kier alpha value is -1.46. The topological polar surface area (TPSA) is 71.2 Å². The van der Waals surface area contributed by atoms with Gasteiger partial charge in [0.1, 0.15) is 0 Å². The van der Waals surface area contributed by atoms with E-state index in [1.165, 1.54) is 12.8 Å². The van der Waals surface area contributed by atoms with E-state index in [0.717, 1.165) is 24.7 Å². The number of hydrogen-bond acceptors (Lipinski definition) is 4. The summed E-state index contributed by atoms with van der Waals surface area (Å²) in [6.45, 7) is 4.90. The molecule has 1 aromatic heterocycles. The number of carbonyl (C=O) groups excluding carboxylic acids is 1. The van der Waals surface area contributed by atoms with E-state index in [4.69, 9.17) is 5.84 Å². The summed E-state index contributed by atoms with van der Waals surface area (Å²) in [6, 6.07) is 3.51. The minimum absolute atomic E-state index is 0.277. The van der Waals surface area contributed by atoms with Crippen LogP contribution >= 0.6 is 0 Å². The molecular weight excluding hydrogens is 228 g/mol. The van der Waals surface area contributed by atoms with Crippen LogP contribution in [0.3, 0.4) is 0 Å². The van der Waals surface area contributed by atoms with Crippen LogP contribution in [0.4, 0.5) is 0 Å². The number of carbonyl (C=O) groups is 1. The number of nitrogens with two attached hydrogens (primary N) is 1. The largest absolute Gasteiger partial charge is 0.297 e. The molecule has 0 bridgehead atoms. The summed E-state index contributed by atoms with van der Waals surface area (Å²) in [4.78, 5) is 18.3. The van der Waals surface area contributed by atoms with Gasteiger partial charge in [-0.1, -0.05) is 6.92 Å². The van der Waals surface area contributed by atoms with Gasteiger partial charge in [-0.15, -0.1) is 0 Å². The fourth-order valence-electron chi connectivity index (χ4n) is 2.03. The molecular formula is C13H20N4O. The Morgan fingerprint density at radius 2 is 2.39 bits per heavy atom. The molecule has 5 nitrogen and oxygen atoms in total. The van der Waals surface area contributed by atoms with Gasteiger partial charge in [0.25, 0.3) is 5.91 Å². The van der Waals surface area contributed by atoms with Gasteiger partial charge >= 0.3 is 0 Å². The molecule has 5 heteroatoms. The summed E-state index contributed by atoms with van der Waals surface area (Å²) in [7, 11) is 0. The van der Waals surface area contributed by atoms with Gasteiger partial charge in [-0.3, -0.25) is 20.1 Å². The molecule has 3 N–H and O–H groups in total. The normalized spacial score (nSPS) is 14.8. The number of nitrogen functional groups attached to an aromatic ring is 1. The van der Waals surface area contributed by atoms with Crippen LogP contribution in [0.15, 0.2) is 18.3 Å². The van der Waals surface area contributed by atoms with E-state index in [0.29, 0.717) is 12.1 Å². The van der Waals surface area contributed by atoms with Crippen LogP contribution in [-0.2, 0) is 6.54 Å². The number of hydrazine groups is 1. The van der Waals surface area contributed by atoms with Crippen LogP contribution in [0.25, 0.3) is 0 Å². The molecule has 0 spiro atoms. The molecule has 0 radical (unpaired) electrons. The van der Waals surface area contributed by atoms with Gasteiger partial charge in [0.15, 0.2) is 0 Å². The molecule has 1 fully saturated rings. The number of amides is 1. The molecule has 2 rings (SSSR count). The third-order valence-electron chi connectivity index (χ3n) is 3.30. The predicted octanol–water partition coefficient (Wildman–Crippen LogP) is 0.917. The zero-order valence-electron chi connectivity index (χ0n) is 10.7. The summed E-state index contributed by atoms with van der Waals surface area (Å²) >= 11 is 0. The molecule has 0 aliphatic heterocycles. The first-order valence-electron chi connectivity index (χ1n) is 6.41. The fraction of sp³-hybridized carbons (Fsp3) is 0.538. The van der Waals surface area contributed by atoms with Gasteiger partial charge in [-0.25, -0.2) is 5.84 Å². The number of pyridine rings is 1. The number of hydrogen-bond donors (Lipinski definition) is 2. The van der Waals surface area contributed by atoms with Gasteiger partial charge in [-0.2, -0.15) is 0 Å². The molecule has 1 heterocycles. The van der Waals surface area contributed by atoms with Crippen LogP contribution in [0.2, 0.25) is 0 Å². The summed E-state index contributed by atoms with van der Waals surface area (Å²) in [6.07, 6.45) is 4.37. The average Bonchev–Trinajstić information content (AvgIpc) is 3.21. The van der Waals surface area contributed by atoms with Crippen molar-refractivity contribution in [3.05, 3.63) is 29.6 Å². The first kappa shape index (κ1) is 13.0. The Kier molecular flexibility index (Phi) is 4.28. The lowest BCUT2D eigenvalue weighted by Gasteiger charge is -2.20. The maximum atomic E-state index is 11.6. The highest BCUT2D eigenvalue weighted by Gasteiger charge is 2.24. The van der Waals surface area contributed by atoms with Crippen LogP contribution in [0.1, 0.15) is 35.8 Å². The molecule has 1 aliphatic rings. The smallest absolute Gasteiger partial charge is 0.267 e. The lowest BCUT2D eigenvalue weighted by molar-refractivity contribution is 0.0951. The lowest BCUT2D eigenvalue weighted by Crippen LogP contribution is -2.32. The zero-order chi connectivity index (χ0) is 13.0. The monoisotopic (exact) mass is 248 g/mol. The number of rotatable bonds is 6. The maximum absolute atomic E-state index is 11.6. The van der Waals surface area contributed by atoms with Crippen LogP contribution in [0.5, 0.6) is 0 Å². The van der Waals surface area contributed by atoms with Crippen LogP contribution < -0.4 is 11.3 Å². The minimum Gasteiger partial charge on any atom is -0.297 e. The van der Waals surface area contributed by atoms with E-state index in [2.05, 4.69) is 22.2 Å². The predicted molar refractivity (Wildman–Crippen MR) is 69.6 cm³/mol. The molecule has 0 saturated heterocycles. The SMILES string of the molecule is CCN(Cc1ncccc1C(=O)NN)CC1CC1. The van der Waals surface area contributed by atoms with Crippen molar-refractivity contribution in [1.82, 2.24) is 15.3 Å². The van der Waals surface area contributed by atoms with Crippen molar-refractivity contribution in [3.63, 3.8) is 0 Å². The van der Waals surface area contributed by atoms with E-state index in [9.17, 15) is 4.79 Å². The molecule has 1 aromatic rings. The van der Waals surface area contributed by atoms with Crippen molar-refractivity contribution < 1.29 is 4.79 Å². The highest BCUT2D eigenvalue weighted by molar-refractivity contribution is 5.94. The Bertz CT molecular complexity index is 417. The average molecular weight is 248 g/mol. The third-order valence-corrected chi connectivity index (χ3v) is 3.30. The van der Waals surface area contributed by atoms with Crippen molar-refractivity contribution in [1.29, 1.82) is 0 Å². The first-order valence-corrected chi connectivity index (χ1v) is 6.41. The molecule has 1 amide bonds. The second-order valence-corrected chi connectivity index (χ2v) is 4.74. The zero-order valence-corrected chi connectivity index (χ0v) is 10.7. The van der Waals surface area contributed by atoms with Gasteiger partial charge in [-0.05, 0) is 37.4 Å². The quantitative estimate of drug-likeness (QED) is 0.446. The number of nitrogens with zero attached hydrogens (tertiary/aromatic N) is 2. The molecule has 98 valence electrons. The Labute approximate surface area is 107 Å². The fourth-order valence-corrected chi connectivity index (χ4v) is 2.03. The second-order valence-electron chi connectivity index (χ2n) is 4.74. The Morgan fingerprint density at radius 3 is 3.00 bits per heavy atom. The summed E-state index contributed by atoms with van der Waals surface area (Å²) in [5, 5.41) is 0. The second kappa shape index (κ2) is 5.93. The van der Waals surface area contributed by atoms with Crippen molar-refractivity contribution in [2.75, 3.05) is 13.1 Å². The lowest BCUT2D eigenvalue weighted by atomic mass is 10.1. The minimum atomic E-state index is -0.277. The molecule has 1 saturated carbocycles. The molecule has 1 aliphatic carbocycles.